The maximum absolute atomic E-state index is 11.9. The van der Waals surface area contributed by atoms with Crippen LogP contribution in [0.4, 0.5) is 0 Å². The minimum atomic E-state index is -0.471. The molecule has 27 heavy (non-hydrogen) atoms. The number of hydrogen-bond acceptors (Lipinski definition) is 5. The van der Waals surface area contributed by atoms with Gasteiger partial charge in [0.15, 0.2) is 5.15 Å². The zero-order chi connectivity index (χ0) is 19.4. The lowest BCUT2D eigenvalue weighted by Gasteiger charge is -2.11. The molecule has 2 aromatic heterocycles. The molecule has 0 atom stereocenters. The Morgan fingerprint density at radius 1 is 1.33 bits per heavy atom. The normalized spacial score (nSPS) is 11.3. The molecular weight excluding hydrogens is 368 g/mol. The van der Waals surface area contributed by atoms with Gasteiger partial charge in [-0.2, -0.15) is 0 Å². The number of ether oxygens (including phenoxy) is 1. The molecule has 0 saturated heterocycles. The van der Waals surface area contributed by atoms with E-state index in [9.17, 15) is 9.90 Å². The highest BCUT2D eigenvalue weighted by atomic mass is 35.5. The number of carbonyl (C=O) groups is 1. The Morgan fingerprint density at radius 3 is 2.85 bits per heavy atom. The first-order chi connectivity index (χ1) is 13.1. The number of carbonyl (C=O) groups excluding carboxylic acids is 1. The zero-order valence-corrected chi connectivity index (χ0v) is 16.3. The molecule has 0 spiro atoms. The third-order valence-corrected chi connectivity index (χ3v) is 4.71. The van der Waals surface area contributed by atoms with Crippen molar-refractivity contribution in [3.05, 3.63) is 52.3 Å². The highest BCUT2D eigenvalue weighted by Crippen LogP contribution is 2.24. The number of aromatic nitrogens is 2. The summed E-state index contributed by atoms with van der Waals surface area (Å²) in [4.78, 5) is 16.3. The lowest BCUT2D eigenvalue weighted by Crippen LogP contribution is -2.09. The number of benzene rings is 1. The van der Waals surface area contributed by atoms with Crippen LogP contribution in [0, 0.1) is 0 Å². The second-order valence-electron chi connectivity index (χ2n) is 6.32. The Bertz CT molecular complexity index is 945. The molecule has 0 fully saturated rings. The Morgan fingerprint density at radius 2 is 2.15 bits per heavy atom. The van der Waals surface area contributed by atoms with Crippen LogP contribution in [0.2, 0.25) is 5.15 Å². The number of halogens is 1. The van der Waals surface area contributed by atoms with Crippen molar-refractivity contribution >= 4 is 28.5 Å². The van der Waals surface area contributed by atoms with E-state index < -0.39 is 5.97 Å². The predicted molar refractivity (Wildman–Crippen MR) is 103 cm³/mol. The van der Waals surface area contributed by atoms with Gasteiger partial charge in [-0.15, -0.1) is 0 Å². The Kier molecular flexibility index (Phi) is 6.19. The summed E-state index contributed by atoms with van der Waals surface area (Å²) in [5.74, 6) is 0.584. The number of furan rings is 1. The van der Waals surface area contributed by atoms with Crippen LogP contribution in [0.1, 0.15) is 54.3 Å². The van der Waals surface area contributed by atoms with E-state index in [0.29, 0.717) is 29.6 Å². The van der Waals surface area contributed by atoms with E-state index in [-0.39, 0.29) is 12.4 Å². The lowest BCUT2D eigenvalue weighted by molar-refractivity contribution is 0.0492. The molecule has 0 amide bonds. The van der Waals surface area contributed by atoms with Crippen molar-refractivity contribution in [3.8, 4) is 0 Å². The number of unbranched alkanes of at least 4 members (excludes halogenated alkanes) is 1. The lowest BCUT2D eigenvalue weighted by atomic mass is 10.1. The van der Waals surface area contributed by atoms with Gasteiger partial charge in [0.2, 0.25) is 5.76 Å². The average molecular weight is 391 g/mol. The molecule has 0 bridgehead atoms. The van der Waals surface area contributed by atoms with Crippen molar-refractivity contribution in [1.29, 1.82) is 0 Å². The topological polar surface area (TPSA) is 77.5 Å². The summed E-state index contributed by atoms with van der Waals surface area (Å²) in [5.41, 5.74) is 2.24. The molecule has 0 radical (unpaired) electrons. The first-order valence-electron chi connectivity index (χ1n) is 9.11. The molecule has 1 aromatic carbocycles. The first kappa shape index (κ1) is 19.5. The third kappa shape index (κ3) is 4.17. The van der Waals surface area contributed by atoms with Gasteiger partial charge < -0.3 is 18.8 Å². The van der Waals surface area contributed by atoms with Crippen LogP contribution in [-0.2, 0) is 24.3 Å². The fraction of sp³-hybridized carbons (Fsp3) is 0.400. The van der Waals surface area contributed by atoms with E-state index in [2.05, 4.69) is 11.9 Å². The van der Waals surface area contributed by atoms with Crippen molar-refractivity contribution < 1.29 is 19.1 Å². The Hall–Kier alpha value is -2.31. The van der Waals surface area contributed by atoms with Gasteiger partial charge in [0.1, 0.15) is 11.4 Å². The summed E-state index contributed by atoms with van der Waals surface area (Å²) in [5, 5.41) is 10.9. The van der Waals surface area contributed by atoms with Gasteiger partial charge in [-0.3, -0.25) is 0 Å². The fourth-order valence-electron chi connectivity index (χ4n) is 3.04. The largest absolute Gasteiger partial charge is 0.460 e. The van der Waals surface area contributed by atoms with Crippen LogP contribution >= 0.6 is 11.6 Å². The van der Waals surface area contributed by atoms with Crippen molar-refractivity contribution in [2.45, 2.75) is 46.3 Å². The summed E-state index contributed by atoms with van der Waals surface area (Å²) < 4.78 is 12.5. The number of esters is 1. The zero-order valence-electron chi connectivity index (χ0n) is 15.5. The van der Waals surface area contributed by atoms with Crippen molar-refractivity contribution in [2.75, 3.05) is 6.61 Å². The van der Waals surface area contributed by atoms with Crippen LogP contribution in [-0.4, -0.2) is 27.2 Å². The van der Waals surface area contributed by atoms with E-state index in [4.69, 9.17) is 20.8 Å². The van der Waals surface area contributed by atoms with Gasteiger partial charge in [0.05, 0.1) is 18.9 Å². The number of imidazole rings is 1. The number of fused-ring (bicyclic) bond motifs is 1. The van der Waals surface area contributed by atoms with Gasteiger partial charge in [-0.05, 0) is 37.1 Å². The summed E-state index contributed by atoms with van der Waals surface area (Å²) >= 11 is 6.20. The molecule has 0 aliphatic carbocycles. The van der Waals surface area contributed by atoms with E-state index in [1.807, 2.05) is 22.8 Å². The highest BCUT2D eigenvalue weighted by molar-refractivity contribution is 6.30. The Balaban J connectivity index is 1.91. The highest BCUT2D eigenvalue weighted by Gasteiger charge is 2.17. The van der Waals surface area contributed by atoms with Crippen LogP contribution in [0.5, 0.6) is 0 Å². The molecule has 1 N–H and O–H groups in total. The van der Waals surface area contributed by atoms with Gasteiger partial charge in [0.25, 0.3) is 0 Å². The second-order valence-corrected chi connectivity index (χ2v) is 6.67. The van der Waals surface area contributed by atoms with Crippen molar-refractivity contribution in [3.63, 3.8) is 0 Å². The van der Waals surface area contributed by atoms with Crippen LogP contribution in [0.15, 0.2) is 28.7 Å². The van der Waals surface area contributed by atoms with E-state index in [1.54, 1.807) is 13.0 Å². The van der Waals surface area contributed by atoms with Gasteiger partial charge >= 0.3 is 5.97 Å². The molecule has 0 aliphatic heterocycles. The quantitative estimate of drug-likeness (QED) is 0.579. The summed E-state index contributed by atoms with van der Waals surface area (Å²) in [7, 11) is 0. The van der Waals surface area contributed by atoms with Crippen LogP contribution in [0.3, 0.4) is 0 Å². The molecular formula is C20H23ClN2O4. The van der Waals surface area contributed by atoms with Gasteiger partial charge in [-0.25, -0.2) is 9.78 Å². The maximum atomic E-state index is 11.9. The molecule has 0 aliphatic rings. The SMILES string of the molecule is CCCCc1nc(Cl)c(CO)n1Cc1ccc2oc(C(=O)OCC)cc2c1. The fourth-order valence-corrected chi connectivity index (χ4v) is 3.30. The maximum Gasteiger partial charge on any atom is 0.374 e. The molecule has 0 unspecified atom stereocenters. The minimum absolute atomic E-state index is 0.168. The summed E-state index contributed by atoms with van der Waals surface area (Å²) in [6.45, 7) is 4.54. The van der Waals surface area contributed by atoms with E-state index in [0.717, 1.165) is 36.0 Å². The monoisotopic (exact) mass is 390 g/mol. The minimum Gasteiger partial charge on any atom is -0.460 e. The predicted octanol–water partition coefficient (Wildman–Crippen LogP) is 4.34. The van der Waals surface area contributed by atoms with Crippen LogP contribution in [0.25, 0.3) is 11.0 Å². The summed E-state index contributed by atoms with van der Waals surface area (Å²) in [6, 6.07) is 7.40. The molecule has 6 nitrogen and oxygen atoms in total. The molecule has 3 aromatic rings. The summed E-state index contributed by atoms with van der Waals surface area (Å²) in [6.07, 6.45) is 2.86. The standard InChI is InChI=1S/C20H23ClN2O4/c1-3-5-6-18-22-19(21)15(12-24)23(18)11-13-7-8-16-14(9-13)10-17(27-16)20(25)26-4-2/h7-10,24H,3-6,11-12H2,1-2H3. The molecule has 7 heteroatoms. The Labute approximate surface area is 162 Å². The number of aryl methyl sites for hydroxylation is 1. The van der Waals surface area contributed by atoms with E-state index >= 15 is 0 Å². The van der Waals surface area contributed by atoms with Crippen molar-refractivity contribution in [2.24, 2.45) is 0 Å². The first-order valence-corrected chi connectivity index (χ1v) is 9.49. The number of aliphatic hydroxyl groups excluding tert-OH is 1. The molecule has 144 valence electrons. The van der Waals surface area contributed by atoms with Crippen LogP contribution < -0.4 is 0 Å². The number of rotatable bonds is 8. The molecule has 0 saturated carbocycles. The number of nitrogens with zero attached hydrogens (tertiary/aromatic N) is 2. The average Bonchev–Trinajstić information content (AvgIpc) is 3.20. The third-order valence-electron chi connectivity index (χ3n) is 4.40. The molecule has 2 heterocycles. The van der Waals surface area contributed by atoms with E-state index in [1.165, 1.54) is 0 Å². The smallest absolute Gasteiger partial charge is 0.374 e. The van der Waals surface area contributed by atoms with Gasteiger partial charge in [0, 0.05) is 18.4 Å². The number of aliphatic hydroxyl groups is 1. The van der Waals surface area contributed by atoms with Gasteiger partial charge in [-0.1, -0.05) is 31.0 Å². The van der Waals surface area contributed by atoms with Crippen molar-refractivity contribution in [1.82, 2.24) is 9.55 Å². The number of hydrogen-bond donors (Lipinski definition) is 1. The molecule has 3 rings (SSSR count). The second kappa shape index (κ2) is 8.59.